The van der Waals surface area contributed by atoms with Gasteiger partial charge in [0, 0.05) is 6.54 Å². The largest absolute Gasteiger partial charge is 0.344 e. The Morgan fingerprint density at radius 1 is 1.09 bits per heavy atom. The molecule has 0 unspecified atom stereocenters. The Labute approximate surface area is 67.2 Å². The van der Waals surface area contributed by atoms with Gasteiger partial charge in [-0.15, -0.1) is 0 Å². The molecule has 1 aliphatic heterocycles. The van der Waals surface area contributed by atoms with E-state index in [2.05, 4.69) is 29.6 Å². The molecule has 1 aliphatic rings. The molecule has 0 saturated heterocycles. The second kappa shape index (κ2) is 3.51. The van der Waals surface area contributed by atoms with Crippen LogP contribution in [-0.2, 0) is 13.0 Å². The average molecular weight is 150 g/mol. The third-order valence-corrected chi connectivity index (χ3v) is 2.00. The number of nitrogens with one attached hydrogen (secondary N) is 1. The highest BCUT2D eigenvalue weighted by Crippen LogP contribution is 2.11. The van der Waals surface area contributed by atoms with Crippen LogP contribution in [-0.4, -0.2) is 6.54 Å². The van der Waals surface area contributed by atoms with Crippen molar-refractivity contribution < 1.29 is 0 Å². The first-order valence-corrected chi connectivity index (χ1v) is 3.74. The molecular weight excluding hydrogens is 136 g/mol. The molecule has 2 nitrogen and oxygen atoms in total. The Bertz CT molecular complexity index is 208. The van der Waals surface area contributed by atoms with E-state index in [0.717, 1.165) is 13.1 Å². The molecule has 0 fully saturated rings. The van der Waals surface area contributed by atoms with Crippen molar-refractivity contribution in [1.29, 1.82) is 0 Å². The molecule has 4 N–H and O–H groups in total. The predicted octanol–water partition coefficient (Wildman–Crippen LogP) is 1.49. The Morgan fingerprint density at radius 2 is 1.82 bits per heavy atom. The van der Waals surface area contributed by atoms with Crippen molar-refractivity contribution in [3.63, 3.8) is 0 Å². The number of hydrogen-bond acceptors (Lipinski definition) is 2. The third kappa shape index (κ3) is 1.59. The highest BCUT2D eigenvalue weighted by molar-refractivity contribution is 5.28. The van der Waals surface area contributed by atoms with Crippen LogP contribution < -0.4 is 11.5 Å². The Morgan fingerprint density at radius 3 is 2.55 bits per heavy atom. The maximum Gasteiger partial charge on any atom is 0.0208 e. The highest BCUT2D eigenvalue weighted by Gasteiger charge is 2.05. The normalized spacial score (nSPS) is 14.9. The monoisotopic (exact) mass is 150 g/mol. The molecule has 0 amide bonds. The van der Waals surface area contributed by atoms with E-state index in [-0.39, 0.29) is 6.15 Å². The van der Waals surface area contributed by atoms with Crippen LogP contribution >= 0.6 is 0 Å². The lowest BCUT2D eigenvalue weighted by Gasteiger charge is -2.15. The highest BCUT2D eigenvalue weighted by atomic mass is 14.9. The lowest BCUT2D eigenvalue weighted by Crippen LogP contribution is -2.23. The van der Waals surface area contributed by atoms with E-state index in [4.69, 9.17) is 0 Å². The van der Waals surface area contributed by atoms with Gasteiger partial charge in [-0.05, 0) is 24.1 Å². The molecule has 2 heteroatoms. The van der Waals surface area contributed by atoms with Crippen LogP contribution in [0.25, 0.3) is 0 Å². The van der Waals surface area contributed by atoms with Crippen LogP contribution in [0.2, 0.25) is 0 Å². The van der Waals surface area contributed by atoms with Gasteiger partial charge in [-0.3, -0.25) is 0 Å². The van der Waals surface area contributed by atoms with Crippen LogP contribution in [0.3, 0.4) is 0 Å². The van der Waals surface area contributed by atoms with Gasteiger partial charge in [-0.2, -0.15) is 0 Å². The lowest BCUT2D eigenvalue weighted by molar-refractivity contribution is 0.644. The van der Waals surface area contributed by atoms with Crippen molar-refractivity contribution >= 4 is 0 Å². The van der Waals surface area contributed by atoms with E-state index in [1.165, 1.54) is 17.5 Å². The minimum Gasteiger partial charge on any atom is -0.344 e. The molecule has 1 heterocycles. The first kappa shape index (κ1) is 8.24. The molecule has 1 aromatic rings. The van der Waals surface area contributed by atoms with Crippen LogP contribution in [0.15, 0.2) is 24.3 Å². The fraction of sp³-hybridized carbons (Fsp3) is 0.333. The number of rotatable bonds is 0. The molecule has 60 valence electrons. The first-order chi connectivity index (χ1) is 4.97. The zero-order valence-corrected chi connectivity index (χ0v) is 6.64. The van der Waals surface area contributed by atoms with Gasteiger partial charge in [0.15, 0.2) is 0 Å². The fourth-order valence-electron chi connectivity index (χ4n) is 1.42. The minimum absolute atomic E-state index is 0. The van der Waals surface area contributed by atoms with Gasteiger partial charge in [0.05, 0.1) is 0 Å². The smallest absolute Gasteiger partial charge is 0.0208 e. The molecule has 0 aromatic heterocycles. The quantitative estimate of drug-likeness (QED) is 0.588. The molecule has 2 rings (SSSR count). The number of benzene rings is 1. The van der Waals surface area contributed by atoms with Gasteiger partial charge in [0.1, 0.15) is 0 Å². The molecule has 1 aromatic carbocycles. The van der Waals surface area contributed by atoms with Crippen molar-refractivity contribution in [2.24, 2.45) is 0 Å². The summed E-state index contributed by atoms with van der Waals surface area (Å²) in [4.78, 5) is 0. The molecular formula is C9H14N2. The van der Waals surface area contributed by atoms with Crippen LogP contribution in [0.4, 0.5) is 0 Å². The summed E-state index contributed by atoms with van der Waals surface area (Å²) in [5.74, 6) is 0. The molecule has 0 atom stereocenters. The van der Waals surface area contributed by atoms with Gasteiger partial charge in [-0.25, -0.2) is 0 Å². The summed E-state index contributed by atoms with van der Waals surface area (Å²) in [6, 6.07) is 8.63. The first-order valence-electron chi connectivity index (χ1n) is 3.74. The van der Waals surface area contributed by atoms with E-state index in [0.29, 0.717) is 0 Å². The molecule has 0 saturated carbocycles. The third-order valence-electron chi connectivity index (χ3n) is 2.00. The molecule has 0 bridgehead atoms. The van der Waals surface area contributed by atoms with Crippen LogP contribution in [0, 0.1) is 0 Å². The van der Waals surface area contributed by atoms with Crippen molar-refractivity contribution in [2.75, 3.05) is 6.54 Å². The van der Waals surface area contributed by atoms with Gasteiger partial charge in [-0.1, -0.05) is 24.3 Å². The molecule has 0 spiro atoms. The Balaban J connectivity index is 0.000000605. The van der Waals surface area contributed by atoms with Crippen molar-refractivity contribution in [3.8, 4) is 0 Å². The number of hydrogen-bond donors (Lipinski definition) is 2. The Kier molecular flexibility index (Phi) is 2.63. The summed E-state index contributed by atoms with van der Waals surface area (Å²) in [5.41, 5.74) is 2.98. The van der Waals surface area contributed by atoms with Crippen LogP contribution in [0.5, 0.6) is 0 Å². The SMILES string of the molecule is N.c1ccc2c(c1)CCNC2. The van der Waals surface area contributed by atoms with E-state index >= 15 is 0 Å². The fourth-order valence-corrected chi connectivity index (χ4v) is 1.42. The predicted molar refractivity (Wildman–Crippen MR) is 46.9 cm³/mol. The zero-order valence-electron chi connectivity index (χ0n) is 6.64. The summed E-state index contributed by atoms with van der Waals surface area (Å²) in [6.07, 6.45) is 1.19. The number of fused-ring (bicyclic) bond motifs is 1. The summed E-state index contributed by atoms with van der Waals surface area (Å²) >= 11 is 0. The maximum absolute atomic E-state index is 3.34. The summed E-state index contributed by atoms with van der Waals surface area (Å²) < 4.78 is 0. The Hall–Kier alpha value is -0.860. The second-order valence-corrected chi connectivity index (χ2v) is 2.70. The minimum atomic E-state index is 0. The van der Waals surface area contributed by atoms with Crippen molar-refractivity contribution in [3.05, 3.63) is 35.4 Å². The van der Waals surface area contributed by atoms with Crippen molar-refractivity contribution in [2.45, 2.75) is 13.0 Å². The summed E-state index contributed by atoms with van der Waals surface area (Å²) in [5, 5.41) is 3.34. The van der Waals surface area contributed by atoms with Crippen molar-refractivity contribution in [1.82, 2.24) is 11.5 Å². The van der Waals surface area contributed by atoms with E-state index in [9.17, 15) is 0 Å². The van der Waals surface area contributed by atoms with E-state index < -0.39 is 0 Å². The van der Waals surface area contributed by atoms with Gasteiger partial charge in [0.25, 0.3) is 0 Å². The van der Waals surface area contributed by atoms with Gasteiger partial charge < -0.3 is 11.5 Å². The molecule has 0 aliphatic carbocycles. The molecule has 11 heavy (non-hydrogen) atoms. The lowest BCUT2D eigenvalue weighted by atomic mass is 10.0. The van der Waals surface area contributed by atoms with E-state index in [1.807, 2.05) is 0 Å². The van der Waals surface area contributed by atoms with Gasteiger partial charge >= 0.3 is 0 Å². The van der Waals surface area contributed by atoms with E-state index in [1.54, 1.807) is 0 Å². The second-order valence-electron chi connectivity index (χ2n) is 2.70. The topological polar surface area (TPSA) is 47.0 Å². The average Bonchev–Trinajstić information content (AvgIpc) is 2.05. The standard InChI is InChI=1S/C9H11N.H3N/c1-2-4-9-7-10-6-5-8(9)3-1;/h1-4,10H,5-7H2;1H3. The van der Waals surface area contributed by atoms with Gasteiger partial charge in [0.2, 0.25) is 0 Å². The van der Waals surface area contributed by atoms with Crippen LogP contribution in [0.1, 0.15) is 11.1 Å². The summed E-state index contributed by atoms with van der Waals surface area (Å²) in [7, 11) is 0. The maximum atomic E-state index is 3.34. The zero-order chi connectivity index (χ0) is 6.81. The summed E-state index contributed by atoms with van der Waals surface area (Å²) in [6.45, 7) is 2.19. The molecule has 0 radical (unpaired) electrons.